The maximum Gasteiger partial charge on any atom is 1.00 e. The molecule has 0 spiro atoms. The molecular weight excluding hydrogens is 1670 g/mol. The number of rotatable bonds is 17. The summed E-state index contributed by atoms with van der Waals surface area (Å²) in [5, 5.41) is 76.4. The Morgan fingerprint density at radius 1 is 0.484 bits per heavy atom. The van der Waals surface area contributed by atoms with E-state index in [2.05, 4.69) is 82.5 Å². The Balaban J connectivity index is 0.000000377. The monoisotopic (exact) mass is 1760 g/mol. The molecular formula is C82H89Cl4LiN26O11. The van der Waals surface area contributed by atoms with Crippen molar-refractivity contribution in [2.75, 3.05) is 52.1 Å². The molecule has 42 heteroatoms. The zero-order chi connectivity index (χ0) is 88.3. The van der Waals surface area contributed by atoms with Gasteiger partial charge in [-0.3, -0.25) is 9.59 Å². The summed E-state index contributed by atoms with van der Waals surface area (Å²) >= 11 is 22.5. The van der Waals surface area contributed by atoms with Gasteiger partial charge in [0.25, 0.3) is 11.8 Å². The number of amides is 2. The Labute approximate surface area is 746 Å². The predicted octanol–water partition coefficient (Wildman–Crippen LogP) is 9.63. The maximum atomic E-state index is 11.9. The standard InChI is InChI=1S/C18H21N7O.C14H11ClN4O2.C13H11N5O.C12H7ClN4O2.C7H6Cl2N2O2.C7H6N2.C6H14N2.C4H8O2.CH4.Li.H2O/c19-9-11-4-3-5-12(8-11)23-17-13(16(21)26)10-22-18(25-17)24-15-7-2-1-6-14(15)20;1-2-21-13(20)11-8-17-14(15)19-12(11)18-10-5-3-4-9(6-10)7-16;1-8-16-7-11(12(15)19)13(17-8)18-10-4-2-3-9(5-10)6-14;13-12-15-6-9(11(18)19)10(17-12)16-8-3-1-2-7(4-8)5-14;1-2-13-6(12)4-3-10-7(9)11-5(4)8;8-5-6-2-1-3-7(9)4-6;7-5-3-1-2-4-6(5)8;5-4-2-1-3-6-4;;;/h3-5,8,10,14-15H,1-2,6-7,20H2,(H2,21,26)(H2,22,23,24,25);3-6,8H,2H2,1H3,(H,17,18,19);2-5,7H,1H3,(H2,15,19)(H,16,17,18);1-4,6H,(H,18,19)(H,15,16,17);3H,2H2,1H3;1-4H,9H2;5-6H,1-4,7-8H2;4-5H,1-3H2;1H4;;1H2/q;;;;;;;;;+1;/p-1/t14-,15?;;;;;;5-,6+;;;;/m0........../s1. The van der Waals surface area contributed by atoms with Crippen molar-refractivity contribution >= 4 is 134 Å². The van der Waals surface area contributed by atoms with Crippen molar-refractivity contribution < 1.29 is 72.7 Å². The topological polar surface area (TPSA) is 648 Å². The van der Waals surface area contributed by atoms with Crippen LogP contribution in [0.25, 0.3) is 0 Å². The third-order valence-corrected chi connectivity index (χ3v) is 17.5. The number of aliphatic hydroxyl groups is 1. The van der Waals surface area contributed by atoms with Crippen LogP contribution in [0.1, 0.15) is 171 Å². The van der Waals surface area contributed by atoms with Gasteiger partial charge in [0.1, 0.15) is 62.1 Å². The quantitative estimate of drug-likeness (QED) is 0.0133. The van der Waals surface area contributed by atoms with Crippen LogP contribution in [0, 0.1) is 63.6 Å². The van der Waals surface area contributed by atoms with Crippen molar-refractivity contribution in [1.82, 2.24) is 49.8 Å². The zero-order valence-corrected chi connectivity index (χ0v) is 69.8. The van der Waals surface area contributed by atoms with Crippen LogP contribution in [-0.2, 0) is 14.2 Å². The molecule has 5 aromatic carbocycles. The fourth-order valence-corrected chi connectivity index (χ4v) is 11.3. The molecule has 124 heavy (non-hydrogen) atoms. The molecule has 0 bridgehead atoms. The number of nitrogen functional groups attached to an aromatic ring is 1. The Morgan fingerprint density at radius 2 is 0.847 bits per heavy atom. The second-order valence-corrected chi connectivity index (χ2v) is 26.9. The van der Waals surface area contributed by atoms with E-state index in [-0.39, 0.29) is 135 Å². The summed E-state index contributed by atoms with van der Waals surface area (Å²) in [5.41, 5.74) is 39.7. The number of aromatic carboxylic acids is 1. The molecule has 2 amide bonds. The molecule has 642 valence electrons. The molecule has 0 radical (unpaired) electrons. The average molecular weight is 1760 g/mol. The number of primary amides is 2. The van der Waals surface area contributed by atoms with Crippen molar-refractivity contribution in [3.8, 4) is 30.3 Å². The van der Waals surface area contributed by atoms with Gasteiger partial charge in [-0.25, -0.2) is 49.3 Å². The van der Waals surface area contributed by atoms with Gasteiger partial charge in [-0.15, -0.1) is 0 Å². The number of nitrogens with zero attached hydrogens (tertiary/aromatic N) is 15. The SMILES string of the molecule is C.CCOC(=O)c1cnc(Cl)nc1Cl.CCOC(=O)c1cnc(Cl)nc1Nc1cccc(C#N)c1.Cc1ncc(C(N)=O)c(Nc2cccc(C#N)c2)n1.N#Cc1cccc(N)c1.N#Cc1cccc(Nc2nc(Cl)ncc2C(=O)O)c1.N#Cc1cccc(Nc2nc(NC3CCCC[C@@H]3N)ncc2C(N)=O)c1.N[C@@H]1CCCC[C@@H]1N.OC1CCCO1.[Li+].[OH-]. The van der Waals surface area contributed by atoms with E-state index in [1.807, 2.05) is 24.3 Å². The number of benzene rings is 5. The summed E-state index contributed by atoms with van der Waals surface area (Å²) in [6.07, 6.45) is 16.7. The molecule has 2 unspecified atom stereocenters. The Kier molecular flexibility index (Phi) is 46.9. The second kappa shape index (κ2) is 55.5. The number of esters is 2. The first kappa shape index (κ1) is 105. The third-order valence-electron chi connectivity index (χ3n) is 16.6. The number of halogens is 4. The first-order valence-corrected chi connectivity index (χ1v) is 38.4. The minimum atomic E-state index is -1.17. The number of carboxylic acids is 1. The molecule has 37 nitrogen and oxygen atoms in total. The summed E-state index contributed by atoms with van der Waals surface area (Å²) < 4.78 is 14.3. The molecule has 2 saturated carbocycles. The number of ether oxygens (including phenoxy) is 3. The summed E-state index contributed by atoms with van der Waals surface area (Å²) in [7, 11) is 0. The van der Waals surface area contributed by atoms with Crippen molar-refractivity contribution in [2.24, 2.45) is 28.7 Å². The molecule has 13 rings (SSSR count). The average Bonchev–Trinajstić information content (AvgIpc) is 0.960. The summed E-state index contributed by atoms with van der Waals surface area (Å²) in [6.45, 7) is 6.37. The number of carboxylic acid groups (broad SMARTS) is 1. The van der Waals surface area contributed by atoms with E-state index < -0.39 is 36.0 Å². The van der Waals surface area contributed by atoms with Crippen molar-refractivity contribution in [1.29, 1.82) is 26.3 Å². The molecule has 10 aromatic rings. The van der Waals surface area contributed by atoms with Crippen LogP contribution in [0.5, 0.6) is 0 Å². The van der Waals surface area contributed by atoms with Gasteiger partial charge in [0, 0.05) is 96.6 Å². The molecule has 3 fully saturated rings. The Morgan fingerprint density at radius 3 is 1.21 bits per heavy atom. The number of nitrogens with one attached hydrogen (secondary N) is 5. The number of aliphatic hydroxyl groups excluding tert-OH is 1. The number of nitriles is 5. The minimum absolute atomic E-state index is 0. The Bertz CT molecular complexity index is 5290. The van der Waals surface area contributed by atoms with Gasteiger partial charge in [0.2, 0.25) is 21.8 Å². The van der Waals surface area contributed by atoms with Crippen LogP contribution in [0.2, 0.25) is 21.0 Å². The van der Waals surface area contributed by atoms with Gasteiger partial charge in [0.15, 0.2) is 6.29 Å². The first-order valence-electron chi connectivity index (χ1n) is 36.9. The summed E-state index contributed by atoms with van der Waals surface area (Å²) in [4.78, 5) is 96.1. The number of anilines is 10. The number of aryl methyl sites for hydroxylation is 1. The predicted molar refractivity (Wildman–Crippen MR) is 462 cm³/mol. The fourth-order valence-electron chi connectivity index (χ4n) is 10.7. The molecule has 3 aliphatic rings. The van der Waals surface area contributed by atoms with E-state index in [0.717, 1.165) is 64.2 Å². The van der Waals surface area contributed by atoms with Gasteiger partial charge in [-0.2, -0.15) is 41.3 Å². The van der Waals surface area contributed by atoms with Crippen LogP contribution in [-0.4, -0.2) is 146 Å². The van der Waals surface area contributed by atoms with Gasteiger partial charge in [0.05, 0.1) is 71.4 Å². The third kappa shape index (κ3) is 36.1. The van der Waals surface area contributed by atoms with Gasteiger partial charge in [-0.05, 0) is 179 Å². The van der Waals surface area contributed by atoms with E-state index in [1.165, 1.54) is 37.6 Å². The van der Waals surface area contributed by atoms with Crippen LogP contribution >= 0.6 is 46.4 Å². The van der Waals surface area contributed by atoms with E-state index in [9.17, 15) is 24.0 Å². The van der Waals surface area contributed by atoms with E-state index >= 15 is 0 Å². The summed E-state index contributed by atoms with van der Waals surface area (Å²) in [5.74, 6) is -1.70. The number of nitrogens with two attached hydrogens (primary N) is 6. The van der Waals surface area contributed by atoms with E-state index in [1.54, 1.807) is 142 Å². The van der Waals surface area contributed by atoms with Crippen molar-refractivity contribution in [2.45, 2.75) is 123 Å². The summed E-state index contributed by atoms with van der Waals surface area (Å²) in [6, 6.07) is 44.7. The Hall–Kier alpha value is -13.4. The van der Waals surface area contributed by atoms with Gasteiger partial charge >= 0.3 is 36.8 Å². The second-order valence-electron chi connectivity index (χ2n) is 25.5. The molecule has 2 aliphatic carbocycles. The normalized spacial score (nSPS) is 14.5. The van der Waals surface area contributed by atoms with Gasteiger partial charge in [-0.1, -0.05) is 75.0 Å². The van der Waals surface area contributed by atoms with Crippen molar-refractivity contribution in [3.63, 3.8) is 0 Å². The van der Waals surface area contributed by atoms with E-state index in [4.69, 9.17) is 132 Å². The van der Waals surface area contributed by atoms with E-state index in [0.29, 0.717) is 73.8 Å². The molecule has 6 heterocycles. The molecule has 1 aliphatic heterocycles. The van der Waals surface area contributed by atoms with Crippen LogP contribution < -0.4 is 79.8 Å². The number of hydrogen-bond donors (Lipinski definition) is 13. The fraction of sp³-hybridized carbons (Fsp3) is 0.268. The molecule has 1 saturated heterocycles. The molecule has 5 aromatic heterocycles. The smallest absolute Gasteiger partial charge is 0.870 e. The first-order chi connectivity index (χ1) is 58.1. The van der Waals surface area contributed by atoms with Crippen LogP contribution in [0.4, 0.5) is 57.7 Å². The molecule has 20 N–H and O–H groups in total. The van der Waals surface area contributed by atoms with Crippen LogP contribution in [0.15, 0.2) is 152 Å². The number of aromatic nitrogens is 10. The van der Waals surface area contributed by atoms with Gasteiger partial charge < -0.3 is 90.9 Å². The van der Waals surface area contributed by atoms with Crippen LogP contribution in [0.3, 0.4) is 0 Å². The zero-order valence-electron chi connectivity index (χ0n) is 66.8. The largest absolute Gasteiger partial charge is 1.00 e. The van der Waals surface area contributed by atoms with Crippen molar-refractivity contribution in [3.05, 3.63) is 235 Å². The molecule has 5 atom stereocenters. The number of carbonyl (C=O) groups excluding carboxylic acids is 4. The maximum absolute atomic E-state index is 11.9. The number of hydrogen-bond acceptors (Lipinski definition) is 34. The minimum Gasteiger partial charge on any atom is -0.870 e. The number of carbonyl (C=O) groups is 5.